The van der Waals surface area contributed by atoms with Gasteiger partial charge in [0.05, 0.1) is 4.90 Å². The lowest BCUT2D eigenvalue weighted by molar-refractivity contribution is -0.141. The number of rotatable bonds is 7. The number of carboxylic acids is 1. The van der Waals surface area contributed by atoms with E-state index in [9.17, 15) is 18.3 Å². The van der Waals surface area contributed by atoms with E-state index in [4.69, 9.17) is 0 Å². The maximum Gasteiger partial charge on any atom is 0.321 e. The van der Waals surface area contributed by atoms with Gasteiger partial charge in [0.1, 0.15) is 6.04 Å². The van der Waals surface area contributed by atoms with E-state index in [0.717, 1.165) is 21.9 Å². The number of carbonyl (C=O) groups is 1. The SMILES string of the molecule is CCc1ccc(S(=O)(=O)N(Cc2ccccc2)C(C)C(=O)O)cc1. The second-order valence-electron chi connectivity index (χ2n) is 5.55. The lowest BCUT2D eigenvalue weighted by Gasteiger charge is -2.26. The number of carboxylic acid groups (broad SMARTS) is 1. The highest BCUT2D eigenvalue weighted by Crippen LogP contribution is 2.22. The Morgan fingerprint density at radius 1 is 1.04 bits per heavy atom. The van der Waals surface area contributed by atoms with E-state index >= 15 is 0 Å². The Morgan fingerprint density at radius 2 is 1.62 bits per heavy atom. The van der Waals surface area contributed by atoms with E-state index in [1.165, 1.54) is 19.1 Å². The molecule has 128 valence electrons. The van der Waals surface area contributed by atoms with Gasteiger partial charge < -0.3 is 5.11 Å². The molecule has 6 heteroatoms. The summed E-state index contributed by atoms with van der Waals surface area (Å²) in [5.74, 6) is -1.18. The van der Waals surface area contributed by atoms with Gasteiger partial charge in [-0.1, -0.05) is 49.4 Å². The van der Waals surface area contributed by atoms with Crippen molar-refractivity contribution >= 4 is 16.0 Å². The van der Waals surface area contributed by atoms with E-state index in [0.29, 0.717) is 0 Å². The number of hydrogen-bond acceptors (Lipinski definition) is 3. The lowest BCUT2D eigenvalue weighted by atomic mass is 10.2. The van der Waals surface area contributed by atoms with Crippen LogP contribution in [0.3, 0.4) is 0 Å². The van der Waals surface area contributed by atoms with Crippen LogP contribution in [-0.2, 0) is 27.8 Å². The molecule has 0 heterocycles. The molecule has 0 aromatic heterocycles. The van der Waals surface area contributed by atoms with Crippen LogP contribution in [0.2, 0.25) is 0 Å². The summed E-state index contributed by atoms with van der Waals surface area (Å²) >= 11 is 0. The van der Waals surface area contributed by atoms with E-state index in [-0.39, 0.29) is 11.4 Å². The van der Waals surface area contributed by atoms with Crippen molar-refractivity contribution in [3.63, 3.8) is 0 Å². The number of nitrogens with zero attached hydrogens (tertiary/aromatic N) is 1. The molecule has 0 spiro atoms. The Labute approximate surface area is 142 Å². The number of hydrogen-bond donors (Lipinski definition) is 1. The molecule has 0 radical (unpaired) electrons. The highest BCUT2D eigenvalue weighted by atomic mass is 32.2. The minimum atomic E-state index is -3.92. The largest absolute Gasteiger partial charge is 0.480 e. The number of aryl methyl sites for hydroxylation is 1. The fourth-order valence-electron chi connectivity index (χ4n) is 2.35. The molecule has 0 fully saturated rings. The van der Waals surface area contributed by atoms with Gasteiger partial charge >= 0.3 is 5.97 Å². The molecule has 1 N–H and O–H groups in total. The highest BCUT2D eigenvalue weighted by molar-refractivity contribution is 7.89. The van der Waals surface area contributed by atoms with Gasteiger partial charge in [0.15, 0.2) is 0 Å². The van der Waals surface area contributed by atoms with Crippen LogP contribution in [0.15, 0.2) is 59.5 Å². The third kappa shape index (κ3) is 4.01. The van der Waals surface area contributed by atoms with Crippen LogP contribution in [0.1, 0.15) is 25.0 Å². The van der Waals surface area contributed by atoms with Gasteiger partial charge in [0.2, 0.25) is 10.0 Å². The normalized spacial score (nSPS) is 13.0. The minimum Gasteiger partial charge on any atom is -0.480 e. The zero-order valence-electron chi connectivity index (χ0n) is 13.7. The molecule has 5 nitrogen and oxygen atoms in total. The van der Waals surface area contributed by atoms with Crippen molar-refractivity contribution in [2.75, 3.05) is 0 Å². The van der Waals surface area contributed by atoms with Crippen LogP contribution in [0.5, 0.6) is 0 Å². The van der Waals surface area contributed by atoms with Crippen molar-refractivity contribution in [3.8, 4) is 0 Å². The Morgan fingerprint density at radius 3 is 2.12 bits per heavy atom. The third-order valence-electron chi connectivity index (χ3n) is 3.91. The van der Waals surface area contributed by atoms with Crippen molar-refractivity contribution in [1.29, 1.82) is 0 Å². The first kappa shape index (κ1) is 18.2. The first-order valence-electron chi connectivity index (χ1n) is 7.73. The van der Waals surface area contributed by atoms with Crippen molar-refractivity contribution in [2.24, 2.45) is 0 Å². The van der Waals surface area contributed by atoms with Gasteiger partial charge in [-0.05, 0) is 36.6 Å². The first-order valence-corrected chi connectivity index (χ1v) is 9.17. The van der Waals surface area contributed by atoms with E-state index in [2.05, 4.69) is 0 Å². The molecule has 1 atom stereocenters. The summed E-state index contributed by atoms with van der Waals surface area (Å²) in [4.78, 5) is 11.5. The topological polar surface area (TPSA) is 74.7 Å². The molecule has 0 aliphatic carbocycles. The van der Waals surface area contributed by atoms with E-state index < -0.39 is 22.0 Å². The molecule has 0 amide bonds. The molecule has 2 rings (SSSR count). The molecule has 24 heavy (non-hydrogen) atoms. The molecule has 0 saturated carbocycles. The summed E-state index contributed by atoms with van der Waals surface area (Å²) in [6, 6.07) is 14.4. The molecule has 0 aliphatic heterocycles. The van der Waals surface area contributed by atoms with Crippen LogP contribution in [0.25, 0.3) is 0 Å². The predicted octanol–water partition coefficient (Wildman–Crippen LogP) is 2.91. The fourth-order valence-corrected chi connectivity index (χ4v) is 3.93. The summed E-state index contributed by atoms with van der Waals surface area (Å²) in [6.07, 6.45) is 0.805. The molecule has 0 aliphatic rings. The number of aliphatic carboxylic acids is 1. The monoisotopic (exact) mass is 347 g/mol. The van der Waals surface area contributed by atoms with Crippen molar-refractivity contribution in [1.82, 2.24) is 4.31 Å². The zero-order chi connectivity index (χ0) is 17.7. The molecular formula is C18H21NO4S. The van der Waals surface area contributed by atoms with Crippen LogP contribution in [-0.4, -0.2) is 29.8 Å². The summed E-state index contributed by atoms with van der Waals surface area (Å²) in [6.45, 7) is 3.37. The van der Waals surface area contributed by atoms with Crippen molar-refractivity contribution in [2.45, 2.75) is 37.8 Å². The van der Waals surface area contributed by atoms with E-state index in [1.54, 1.807) is 36.4 Å². The van der Waals surface area contributed by atoms with Gasteiger partial charge in [-0.2, -0.15) is 4.31 Å². The van der Waals surface area contributed by atoms with Crippen LogP contribution < -0.4 is 0 Å². The maximum absolute atomic E-state index is 12.9. The third-order valence-corrected chi connectivity index (χ3v) is 5.84. The Bertz CT molecular complexity index is 786. The predicted molar refractivity (Wildman–Crippen MR) is 92.1 cm³/mol. The van der Waals surface area contributed by atoms with Crippen LogP contribution in [0, 0.1) is 0 Å². The highest BCUT2D eigenvalue weighted by Gasteiger charge is 2.33. The molecule has 2 aromatic carbocycles. The van der Waals surface area contributed by atoms with Crippen LogP contribution in [0.4, 0.5) is 0 Å². The molecule has 2 aromatic rings. The average Bonchev–Trinajstić information content (AvgIpc) is 2.59. The molecule has 1 unspecified atom stereocenters. The maximum atomic E-state index is 12.9. The Hall–Kier alpha value is -2.18. The van der Waals surface area contributed by atoms with Crippen LogP contribution >= 0.6 is 0 Å². The smallest absolute Gasteiger partial charge is 0.321 e. The second-order valence-corrected chi connectivity index (χ2v) is 7.44. The summed E-state index contributed by atoms with van der Waals surface area (Å²) < 4.78 is 26.9. The molecule has 0 saturated heterocycles. The molecule has 0 bridgehead atoms. The van der Waals surface area contributed by atoms with Gasteiger partial charge in [0, 0.05) is 6.54 Å². The molecular weight excluding hydrogens is 326 g/mol. The summed E-state index contributed by atoms with van der Waals surface area (Å²) in [7, 11) is -3.92. The second kappa shape index (κ2) is 7.59. The lowest BCUT2D eigenvalue weighted by Crippen LogP contribution is -2.42. The number of sulfonamides is 1. The van der Waals surface area contributed by atoms with E-state index in [1.807, 2.05) is 13.0 Å². The Kier molecular flexibility index (Phi) is 5.75. The fraction of sp³-hybridized carbons (Fsp3) is 0.278. The van der Waals surface area contributed by atoms with Gasteiger partial charge in [-0.3, -0.25) is 4.79 Å². The van der Waals surface area contributed by atoms with Gasteiger partial charge in [-0.15, -0.1) is 0 Å². The van der Waals surface area contributed by atoms with Crippen molar-refractivity contribution in [3.05, 3.63) is 65.7 Å². The summed E-state index contributed by atoms with van der Waals surface area (Å²) in [5, 5.41) is 9.32. The Balaban J connectivity index is 2.42. The van der Waals surface area contributed by atoms with Gasteiger partial charge in [-0.25, -0.2) is 8.42 Å². The van der Waals surface area contributed by atoms with Crippen molar-refractivity contribution < 1.29 is 18.3 Å². The summed E-state index contributed by atoms with van der Waals surface area (Å²) in [5.41, 5.74) is 1.76. The standard InChI is InChI=1S/C18H21NO4S/c1-3-15-9-11-17(12-10-15)24(22,23)19(14(2)18(20)21)13-16-7-5-4-6-8-16/h4-12,14H,3,13H2,1-2H3,(H,20,21). The first-order chi connectivity index (χ1) is 11.4. The minimum absolute atomic E-state index is 0.00612. The average molecular weight is 347 g/mol. The zero-order valence-corrected chi connectivity index (χ0v) is 14.5. The number of benzene rings is 2. The quantitative estimate of drug-likeness (QED) is 0.836. The van der Waals surface area contributed by atoms with Gasteiger partial charge in [0.25, 0.3) is 0 Å².